The van der Waals surface area contributed by atoms with Crippen LogP contribution in [0.15, 0.2) is 40.8 Å². The van der Waals surface area contributed by atoms with Gasteiger partial charge in [0, 0.05) is 12.6 Å². The number of halogens is 1. The monoisotopic (exact) mass is 360 g/mol. The molecule has 1 N–H and O–H groups in total. The third-order valence-electron chi connectivity index (χ3n) is 5.06. The van der Waals surface area contributed by atoms with Crippen molar-refractivity contribution < 1.29 is 13.9 Å². The number of benzene rings is 1. The molecule has 4 heterocycles. The molecule has 0 aliphatic carbocycles. The number of ether oxygens (including phenoxy) is 1. The number of nitrogens with one attached hydrogen (secondary N) is 1. The number of para-hydroxylation sites is 1. The van der Waals surface area contributed by atoms with Gasteiger partial charge in [-0.05, 0) is 56.1 Å². The molecule has 5 rings (SSSR count). The van der Waals surface area contributed by atoms with E-state index in [0.717, 1.165) is 19.6 Å². The van der Waals surface area contributed by atoms with Gasteiger partial charge in [0.1, 0.15) is 18.1 Å². The molecule has 1 amide bonds. The van der Waals surface area contributed by atoms with E-state index in [-0.39, 0.29) is 18.6 Å². The number of rotatable bonds is 5. The lowest BCUT2D eigenvalue weighted by Gasteiger charge is -2.44. The van der Waals surface area contributed by atoms with Gasteiger partial charge in [-0.2, -0.15) is 0 Å². The zero-order chi connectivity index (χ0) is 17.2. The number of carbonyl (C=O) groups excluding carboxylic acids is 1. The third kappa shape index (κ3) is 3.67. The van der Waals surface area contributed by atoms with Crippen LogP contribution in [0, 0.1) is 5.92 Å². The summed E-state index contributed by atoms with van der Waals surface area (Å²) in [5, 5.41) is 3.68. The molecule has 3 aliphatic rings. The van der Waals surface area contributed by atoms with E-state index in [2.05, 4.69) is 10.2 Å². The second-order valence-corrected chi connectivity index (χ2v) is 7.11. The first-order valence-electron chi connectivity index (χ1n) is 8.68. The number of furan rings is 1. The molecule has 2 aromatic rings. The fourth-order valence-electron chi connectivity index (χ4n) is 3.66. The standard InChI is InChI=1S/C19H21ClN2O3/c20-15-3-1-2-4-17(15)24-12-14-5-6-18(25-14)19(23)21-16-11-22-9-7-13(16)8-10-22/h1-6,13,16H,7-12H2,(H,21,23). The van der Waals surface area contributed by atoms with Crippen LogP contribution < -0.4 is 10.1 Å². The van der Waals surface area contributed by atoms with Crippen molar-refractivity contribution in [2.45, 2.75) is 25.5 Å². The van der Waals surface area contributed by atoms with Crippen LogP contribution in [0.25, 0.3) is 0 Å². The first kappa shape index (κ1) is 16.5. The number of piperidine rings is 3. The van der Waals surface area contributed by atoms with Crippen LogP contribution in [0.4, 0.5) is 0 Å². The summed E-state index contributed by atoms with van der Waals surface area (Å²) >= 11 is 6.06. The van der Waals surface area contributed by atoms with Gasteiger partial charge in [-0.1, -0.05) is 23.7 Å². The predicted octanol–water partition coefficient (Wildman–Crippen LogP) is 3.34. The highest BCUT2D eigenvalue weighted by Crippen LogP contribution is 2.28. The predicted molar refractivity (Wildman–Crippen MR) is 94.9 cm³/mol. The van der Waals surface area contributed by atoms with Crippen molar-refractivity contribution in [3.8, 4) is 5.75 Å². The molecule has 3 saturated heterocycles. The quantitative estimate of drug-likeness (QED) is 0.888. The molecule has 0 saturated carbocycles. The number of amides is 1. The molecule has 5 nitrogen and oxygen atoms in total. The van der Waals surface area contributed by atoms with Crippen molar-refractivity contribution in [1.29, 1.82) is 0 Å². The second kappa shape index (κ2) is 7.10. The smallest absolute Gasteiger partial charge is 0.287 e. The van der Waals surface area contributed by atoms with E-state index in [1.54, 1.807) is 24.3 Å². The lowest BCUT2D eigenvalue weighted by molar-refractivity contribution is 0.0604. The number of hydrogen-bond acceptors (Lipinski definition) is 4. The first-order valence-corrected chi connectivity index (χ1v) is 9.06. The third-order valence-corrected chi connectivity index (χ3v) is 5.38. The van der Waals surface area contributed by atoms with E-state index in [0.29, 0.717) is 28.2 Å². The summed E-state index contributed by atoms with van der Waals surface area (Å²) < 4.78 is 11.3. The topological polar surface area (TPSA) is 54.7 Å². The van der Waals surface area contributed by atoms with Crippen molar-refractivity contribution in [3.63, 3.8) is 0 Å². The molecule has 2 bridgehead atoms. The SMILES string of the molecule is O=C(NC1CN2CCC1CC2)c1ccc(COc2ccccc2Cl)o1. The van der Waals surface area contributed by atoms with Crippen LogP contribution in [0.3, 0.4) is 0 Å². The molecule has 0 radical (unpaired) electrons. The summed E-state index contributed by atoms with van der Waals surface area (Å²) in [6.45, 7) is 3.49. The van der Waals surface area contributed by atoms with Crippen molar-refractivity contribution in [3.05, 3.63) is 52.9 Å². The Morgan fingerprint density at radius 3 is 2.76 bits per heavy atom. The van der Waals surface area contributed by atoms with Gasteiger partial charge in [-0.25, -0.2) is 0 Å². The maximum atomic E-state index is 12.4. The summed E-state index contributed by atoms with van der Waals surface area (Å²) in [4.78, 5) is 14.9. The largest absolute Gasteiger partial charge is 0.484 e. The van der Waals surface area contributed by atoms with Gasteiger partial charge in [0.05, 0.1) is 5.02 Å². The number of hydrogen-bond donors (Lipinski definition) is 1. The first-order chi connectivity index (χ1) is 12.2. The van der Waals surface area contributed by atoms with E-state index >= 15 is 0 Å². The Bertz CT molecular complexity index is 753. The summed E-state index contributed by atoms with van der Waals surface area (Å²) in [6, 6.07) is 11.0. The zero-order valence-electron chi connectivity index (χ0n) is 13.9. The van der Waals surface area contributed by atoms with Gasteiger partial charge in [0.25, 0.3) is 5.91 Å². The lowest BCUT2D eigenvalue weighted by Crippen LogP contribution is -2.57. The Morgan fingerprint density at radius 1 is 1.24 bits per heavy atom. The molecule has 25 heavy (non-hydrogen) atoms. The Labute approximate surface area is 151 Å². The maximum absolute atomic E-state index is 12.4. The average Bonchev–Trinajstić information content (AvgIpc) is 3.11. The molecule has 3 aliphatic heterocycles. The molecule has 1 atom stereocenters. The van der Waals surface area contributed by atoms with E-state index < -0.39 is 0 Å². The molecule has 132 valence electrons. The van der Waals surface area contributed by atoms with Crippen LogP contribution in [0.2, 0.25) is 5.02 Å². The highest BCUT2D eigenvalue weighted by Gasteiger charge is 2.35. The second-order valence-electron chi connectivity index (χ2n) is 6.70. The zero-order valence-corrected chi connectivity index (χ0v) is 14.7. The minimum Gasteiger partial charge on any atom is -0.484 e. The minimum atomic E-state index is -0.150. The molecule has 6 heteroatoms. The molecule has 0 spiro atoms. The fourth-order valence-corrected chi connectivity index (χ4v) is 3.85. The summed E-state index contributed by atoms with van der Waals surface area (Å²) in [5.74, 6) is 1.96. The van der Waals surface area contributed by atoms with Gasteiger partial charge in [0.15, 0.2) is 5.76 Å². The fraction of sp³-hybridized carbons (Fsp3) is 0.421. The molecule has 1 aromatic heterocycles. The Kier molecular flexibility index (Phi) is 4.68. The van der Waals surface area contributed by atoms with E-state index in [1.165, 1.54) is 12.8 Å². The molecule has 1 aromatic carbocycles. The summed E-state index contributed by atoms with van der Waals surface area (Å²) in [6.07, 6.45) is 2.33. The van der Waals surface area contributed by atoms with Crippen molar-refractivity contribution in [2.75, 3.05) is 19.6 Å². The van der Waals surface area contributed by atoms with Gasteiger partial charge >= 0.3 is 0 Å². The van der Waals surface area contributed by atoms with Crippen LogP contribution >= 0.6 is 11.6 Å². The Morgan fingerprint density at radius 2 is 2.04 bits per heavy atom. The highest BCUT2D eigenvalue weighted by atomic mass is 35.5. The van der Waals surface area contributed by atoms with Crippen LogP contribution in [-0.4, -0.2) is 36.5 Å². The molecule has 3 fully saturated rings. The average molecular weight is 361 g/mol. The van der Waals surface area contributed by atoms with Crippen molar-refractivity contribution in [2.24, 2.45) is 5.92 Å². The van der Waals surface area contributed by atoms with Crippen LogP contribution in [0.5, 0.6) is 5.75 Å². The van der Waals surface area contributed by atoms with Gasteiger partial charge in [-0.15, -0.1) is 0 Å². The number of nitrogens with zero attached hydrogens (tertiary/aromatic N) is 1. The normalized spacial score (nSPS) is 24.9. The molecule has 1 unspecified atom stereocenters. The van der Waals surface area contributed by atoms with Gasteiger partial charge in [0.2, 0.25) is 0 Å². The summed E-state index contributed by atoms with van der Waals surface area (Å²) in [5.41, 5.74) is 0. The highest BCUT2D eigenvalue weighted by molar-refractivity contribution is 6.32. The minimum absolute atomic E-state index is 0.150. The van der Waals surface area contributed by atoms with Crippen LogP contribution in [0.1, 0.15) is 29.2 Å². The molecular formula is C19H21ClN2O3. The Hall–Kier alpha value is -1.98. The number of carbonyl (C=O) groups is 1. The van der Waals surface area contributed by atoms with Gasteiger partial charge in [-0.3, -0.25) is 4.79 Å². The van der Waals surface area contributed by atoms with Crippen LogP contribution in [-0.2, 0) is 6.61 Å². The van der Waals surface area contributed by atoms with Crippen molar-refractivity contribution in [1.82, 2.24) is 10.2 Å². The number of fused-ring (bicyclic) bond motifs is 3. The van der Waals surface area contributed by atoms with E-state index in [1.807, 2.05) is 12.1 Å². The van der Waals surface area contributed by atoms with Gasteiger partial charge < -0.3 is 19.4 Å². The van der Waals surface area contributed by atoms with E-state index in [9.17, 15) is 4.79 Å². The summed E-state index contributed by atoms with van der Waals surface area (Å²) in [7, 11) is 0. The maximum Gasteiger partial charge on any atom is 0.287 e. The van der Waals surface area contributed by atoms with E-state index in [4.69, 9.17) is 20.8 Å². The molecular weight excluding hydrogens is 340 g/mol. The Balaban J connectivity index is 1.34. The lowest BCUT2D eigenvalue weighted by atomic mass is 9.84. The van der Waals surface area contributed by atoms with Crippen molar-refractivity contribution >= 4 is 17.5 Å².